The number of nitrogens with zero attached hydrogens (tertiary/aromatic N) is 1. The van der Waals surface area contributed by atoms with Crippen LogP contribution in [0, 0.1) is 6.92 Å². The summed E-state index contributed by atoms with van der Waals surface area (Å²) in [5.41, 5.74) is 3.86. The summed E-state index contributed by atoms with van der Waals surface area (Å²) in [6.07, 6.45) is 0.725. The molecule has 3 nitrogen and oxygen atoms in total. The van der Waals surface area contributed by atoms with E-state index in [-0.39, 0.29) is 11.9 Å². The van der Waals surface area contributed by atoms with Gasteiger partial charge in [0.15, 0.2) is 0 Å². The van der Waals surface area contributed by atoms with Crippen molar-refractivity contribution in [2.45, 2.75) is 25.8 Å². The number of methoxy groups -OCH3 is 1. The first-order valence-corrected chi connectivity index (χ1v) is 7.89. The second kappa shape index (κ2) is 5.86. The molecule has 1 atom stereocenters. The lowest BCUT2D eigenvalue weighted by Crippen LogP contribution is -2.11. The second-order valence-electron chi connectivity index (χ2n) is 5.48. The smallest absolute Gasteiger partial charge is 0.314 e. The molecule has 3 rings (SSSR count). The molecule has 2 heterocycles. The van der Waals surface area contributed by atoms with Gasteiger partial charge in [-0.15, -0.1) is 0 Å². The molecule has 0 fully saturated rings. The van der Waals surface area contributed by atoms with Crippen molar-refractivity contribution in [3.63, 3.8) is 0 Å². The number of hydrogen-bond acceptors (Lipinski definition) is 3. The lowest BCUT2D eigenvalue weighted by molar-refractivity contribution is -0.142. The van der Waals surface area contributed by atoms with E-state index >= 15 is 0 Å². The molecule has 22 heavy (non-hydrogen) atoms. The number of hydrogen-bond donors (Lipinski definition) is 0. The Labute approximate surface area is 139 Å². The first-order chi connectivity index (χ1) is 10.5. The van der Waals surface area contributed by atoms with Gasteiger partial charge < -0.3 is 9.30 Å². The lowest BCUT2D eigenvalue weighted by atomic mass is 10.1. The molecule has 0 bridgehead atoms. The number of fused-ring (bicyclic) bond motifs is 1. The van der Waals surface area contributed by atoms with Gasteiger partial charge in [0.2, 0.25) is 0 Å². The van der Waals surface area contributed by atoms with Gasteiger partial charge in [0, 0.05) is 12.2 Å². The standard InChI is InChI=1S/C17H16ClNO2S/c1-10-3-5-11(6-4-10)16(22)15-13(18)9-14-12(17(20)21-2)7-8-19(14)15/h3-6,9,12H,7-8H2,1-2H3. The first kappa shape index (κ1) is 15.3. The van der Waals surface area contributed by atoms with E-state index in [1.54, 1.807) is 0 Å². The van der Waals surface area contributed by atoms with Crippen LogP contribution in [0.4, 0.5) is 0 Å². The lowest BCUT2D eigenvalue weighted by Gasteiger charge is -2.09. The topological polar surface area (TPSA) is 31.2 Å². The molecule has 0 spiro atoms. The van der Waals surface area contributed by atoms with E-state index < -0.39 is 0 Å². The summed E-state index contributed by atoms with van der Waals surface area (Å²) < 4.78 is 6.92. The van der Waals surface area contributed by atoms with E-state index in [2.05, 4.69) is 0 Å². The number of aromatic nitrogens is 1. The molecule has 114 valence electrons. The predicted octanol–water partition coefficient (Wildman–Crippen LogP) is 3.88. The van der Waals surface area contributed by atoms with Crippen molar-refractivity contribution in [3.05, 3.63) is 57.9 Å². The molecule has 0 radical (unpaired) electrons. The van der Waals surface area contributed by atoms with Gasteiger partial charge in [0.1, 0.15) is 0 Å². The van der Waals surface area contributed by atoms with E-state index in [4.69, 9.17) is 28.6 Å². The normalized spacial score (nSPS) is 16.4. The zero-order valence-electron chi connectivity index (χ0n) is 12.4. The highest BCUT2D eigenvalue weighted by atomic mass is 35.5. The minimum Gasteiger partial charge on any atom is -0.469 e. The monoisotopic (exact) mass is 333 g/mol. The molecule has 5 heteroatoms. The second-order valence-corrected chi connectivity index (χ2v) is 6.29. The van der Waals surface area contributed by atoms with E-state index in [1.165, 1.54) is 12.7 Å². The fourth-order valence-corrected chi connectivity index (χ4v) is 3.64. The maximum absolute atomic E-state index is 11.9. The van der Waals surface area contributed by atoms with Gasteiger partial charge in [0.05, 0.1) is 28.6 Å². The maximum atomic E-state index is 11.9. The first-order valence-electron chi connectivity index (χ1n) is 7.11. The number of esters is 1. The molecule has 0 N–H and O–H groups in total. The van der Waals surface area contributed by atoms with Crippen molar-refractivity contribution in [1.29, 1.82) is 0 Å². The third kappa shape index (κ3) is 2.46. The average Bonchev–Trinajstić information content (AvgIpc) is 3.04. The highest BCUT2D eigenvalue weighted by Crippen LogP contribution is 2.36. The number of aryl methyl sites for hydroxylation is 1. The summed E-state index contributed by atoms with van der Waals surface area (Å²) in [6.45, 7) is 2.76. The van der Waals surface area contributed by atoms with Crippen LogP contribution in [-0.2, 0) is 16.1 Å². The van der Waals surface area contributed by atoms with Gasteiger partial charge in [-0.2, -0.15) is 0 Å². The molecule has 2 aromatic rings. The van der Waals surface area contributed by atoms with Crippen LogP contribution in [0.5, 0.6) is 0 Å². The molecule has 1 aromatic heterocycles. The largest absolute Gasteiger partial charge is 0.469 e. The van der Waals surface area contributed by atoms with Gasteiger partial charge in [-0.1, -0.05) is 53.6 Å². The number of carbonyl (C=O) groups excluding carboxylic acids is 1. The molecule has 1 aliphatic rings. The Balaban J connectivity index is 2.01. The number of halogens is 1. The fourth-order valence-electron chi connectivity index (χ4n) is 2.92. The van der Waals surface area contributed by atoms with Crippen LogP contribution in [0.3, 0.4) is 0 Å². The van der Waals surface area contributed by atoms with E-state index in [0.29, 0.717) is 9.89 Å². The number of benzene rings is 1. The van der Waals surface area contributed by atoms with Gasteiger partial charge >= 0.3 is 5.97 Å². The Morgan fingerprint density at radius 3 is 2.68 bits per heavy atom. The van der Waals surface area contributed by atoms with Crippen LogP contribution < -0.4 is 0 Å². The molecular formula is C17H16ClNO2S. The number of carbonyl (C=O) groups is 1. The molecule has 0 saturated carbocycles. The molecule has 0 saturated heterocycles. The minimum absolute atomic E-state index is 0.222. The third-order valence-electron chi connectivity index (χ3n) is 4.10. The van der Waals surface area contributed by atoms with Crippen LogP contribution in [0.15, 0.2) is 30.3 Å². The Hall–Kier alpha value is -1.65. The average molecular weight is 334 g/mol. The van der Waals surface area contributed by atoms with Crippen LogP contribution in [-0.4, -0.2) is 22.5 Å². The Bertz CT molecular complexity index is 749. The van der Waals surface area contributed by atoms with Crippen molar-refractivity contribution >= 4 is 34.7 Å². The zero-order valence-corrected chi connectivity index (χ0v) is 14.0. The van der Waals surface area contributed by atoms with Crippen molar-refractivity contribution in [1.82, 2.24) is 4.57 Å². The van der Waals surface area contributed by atoms with Crippen molar-refractivity contribution < 1.29 is 9.53 Å². The molecule has 1 aliphatic heterocycles. The fraction of sp³-hybridized carbons (Fsp3) is 0.294. The molecule has 1 aromatic carbocycles. The van der Waals surface area contributed by atoms with Crippen LogP contribution >= 0.6 is 23.8 Å². The molecule has 0 amide bonds. The SMILES string of the molecule is COC(=O)C1CCn2c1cc(Cl)c2C(=S)c1ccc(C)cc1. The van der Waals surface area contributed by atoms with Gasteiger partial charge in [0.25, 0.3) is 0 Å². The quantitative estimate of drug-likeness (QED) is 0.485. The molecule has 0 aliphatic carbocycles. The van der Waals surface area contributed by atoms with Gasteiger partial charge in [-0.25, -0.2) is 0 Å². The predicted molar refractivity (Wildman–Crippen MR) is 90.8 cm³/mol. The number of rotatable bonds is 3. The number of ether oxygens (including phenoxy) is 1. The van der Waals surface area contributed by atoms with E-state index in [0.717, 1.165) is 29.9 Å². The van der Waals surface area contributed by atoms with E-state index in [1.807, 2.05) is 41.8 Å². The minimum atomic E-state index is -0.253. The van der Waals surface area contributed by atoms with Gasteiger partial charge in [-0.3, -0.25) is 4.79 Å². The summed E-state index contributed by atoms with van der Waals surface area (Å²) in [6, 6.07) is 9.90. The highest BCUT2D eigenvalue weighted by molar-refractivity contribution is 7.81. The molecular weight excluding hydrogens is 318 g/mol. The van der Waals surface area contributed by atoms with Gasteiger partial charge in [-0.05, 0) is 25.0 Å². The van der Waals surface area contributed by atoms with Crippen molar-refractivity contribution in [2.75, 3.05) is 7.11 Å². The highest BCUT2D eigenvalue weighted by Gasteiger charge is 2.33. The van der Waals surface area contributed by atoms with Crippen molar-refractivity contribution in [3.8, 4) is 0 Å². The summed E-state index contributed by atoms with van der Waals surface area (Å²) >= 11 is 12.0. The Morgan fingerprint density at radius 2 is 2.05 bits per heavy atom. The molecule has 1 unspecified atom stereocenters. The number of thiocarbonyl (C=S) groups is 1. The third-order valence-corrected chi connectivity index (χ3v) is 4.81. The summed E-state index contributed by atoms with van der Waals surface area (Å²) in [5.74, 6) is -0.474. The zero-order chi connectivity index (χ0) is 15.9. The Morgan fingerprint density at radius 1 is 1.36 bits per heavy atom. The van der Waals surface area contributed by atoms with Crippen LogP contribution in [0.1, 0.15) is 34.9 Å². The van der Waals surface area contributed by atoms with Crippen LogP contribution in [0.25, 0.3) is 0 Å². The maximum Gasteiger partial charge on any atom is 0.314 e. The van der Waals surface area contributed by atoms with Crippen LogP contribution in [0.2, 0.25) is 5.02 Å². The van der Waals surface area contributed by atoms with Crippen molar-refractivity contribution in [2.24, 2.45) is 0 Å². The summed E-state index contributed by atoms with van der Waals surface area (Å²) in [7, 11) is 1.41. The summed E-state index contributed by atoms with van der Waals surface area (Å²) in [4.78, 5) is 12.6. The van der Waals surface area contributed by atoms with E-state index in [9.17, 15) is 4.79 Å². The Kier molecular flexibility index (Phi) is 4.06. The summed E-state index contributed by atoms with van der Waals surface area (Å²) in [5, 5.41) is 0.592.